The Morgan fingerprint density at radius 2 is 1.78 bits per heavy atom. The van der Waals surface area contributed by atoms with Crippen molar-refractivity contribution >= 4 is 0 Å². The van der Waals surface area contributed by atoms with Crippen molar-refractivity contribution in [3.63, 3.8) is 0 Å². The topological polar surface area (TPSA) is 44.5 Å². The Kier molecular flexibility index (Phi) is 5.17. The molecule has 1 rings (SSSR count). The van der Waals surface area contributed by atoms with Crippen LogP contribution in [0.25, 0.3) is 0 Å². The standard InChI is InChI=1S/C15H25NO2/c1-6-15(3,4)18-14(11(2)16)12-7-9-13(17-5)10-8-12/h7-11,14H,6,16H2,1-5H3. The Balaban J connectivity index is 2.90. The van der Waals surface area contributed by atoms with Crippen LogP contribution >= 0.6 is 0 Å². The second kappa shape index (κ2) is 6.21. The van der Waals surface area contributed by atoms with Crippen LogP contribution in [0.15, 0.2) is 24.3 Å². The van der Waals surface area contributed by atoms with Crippen LogP contribution in [-0.2, 0) is 4.74 Å². The van der Waals surface area contributed by atoms with Gasteiger partial charge in [0.2, 0.25) is 0 Å². The summed E-state index contributed by atoms with van der Waals surface area (Å²) in [6.07, 6.45) is 0.859. The Morgan fingerprint density at radius 3 is 2.17 bits per heavy atom. The Hall–Kier alpha value is -1.06. The van der Waals surface area contributed by atoms with Gasteiger partial charge in [-0.1, -0.05) is 19.1 Å². The summed E-state index contributed by atoms with van der Waals surface area (Å²) in [6.45, 7) is 8.27. The summed E-state index contributed by atoms with van der Waals surface area (Å²) in [7, 11) is 1.66. The van der Waals surface area contributed by atoms with Crippen LogP contribution in [0.4, 0.5) is 0 Å². The number of methoxy groups -OCH3 is 1. The highest BCUT2D eigenvalue weighted by Gasteiger charge is 2.25. The van der Waals surface area contributed by atoms with Gasteiger partial charge in [-0.3, -0.25) is 0 Å². The second-order valence-corrected chi connectivity index (χ2v) is 5.28. The molecule has 0 saturated heterocycles. The van der Waals surface area contributed by atoms with Crippen LogP contribution < -0.4 is 10.5 Å². The van der Waals surface area contributed by atoms with Gasteiger partial charge < -0.3 is 15.2 Å². The van der Waals surface area contributed by atoms with Gasteiger partial charge in [0.1, 0.15) is 5.75 Å². The second-order valence-electron chi connectivity index (χ2n) is 5.28. The number of ether oxygens (including phenoxy) is 2. The maximum atomic E-state index is 6.14. The summed E-state index contributed by atoms with van der Waals surface area (Å²) in [5.41, 5.74) is 6.97. The van der Waals surface area contributed by atoms with Crippen LogP contribution in [-0.4, -0.2) is 18.8 Å². The fourth-order valence-corrected chi connectivity index (χ4v) is 1.70. The highest BCUT2D eigenvalue weighted by atomic mass is 16.5. The summed E-state index contributed by atoms with van der Waals surface area (Å²) in [5, 5.41) is 0. The Bertz CT molecular complexity index is 357. The molecule has 2 N–H and O–H groups in total. The third-order valence-electron chi connectivity index (χ3n) is 3.22. The van der Waals surface area contributed by atoms with E-state index in [1.165, 1.54) is 0 Å². The molecular formula is C15H25NO2. The molecule has 1 aromatic carbocycles. The van der Waals surface area contributed by atoms with Gasteiger partial charge in [0.25, 0.3) is 0 Å². The average molecular weight is 251 g/mol. The van der Waals surface area contributed by atoms with Crippen LogP contribution in [0.1, 0.15) is 45.8 Å². The van der Waals surface area contributed by atoms with Crippen molar-refractivity contribution in [2.75, 3.05) is 7.11 Å². The third kappa shape index (κ3) is 4.00. The summed E-state index contributed by atoms with van der Waals surface area (Å²) in [5.74, 6) is 0.844. The van der Waals surface area contributed by atoms with Gasteiger partial charge in [0, 0.05) is 6.04 Å². The minimum Gasteiger partial charge on any atom is -0.497 e. The van der Waals surface area contributed by atoms with E-state index in [4.69, 9.17) is 15.2 Å². The van der Waals surface area contributed by atoms with E-state index >= 15 is 0 Å². The molecule has 2 unspecified atom stereocenters. The molecular weight excluding hydrogens is 226 g/mol. The molecule has 0 heterocycles. The highest BCUT2D eigenvalue weighted by molar-refractivity contribution is 5.29. The lowest BCUT2D eigenvalue weighted by Gasteiger charge is -2.32. The molecule has 18 heavy (non-hydrogen) atoms. The molecule has 0 bridgehead atoms. The molecule has 0 radical (unpaired) electrons. The summed E-state index contributed by atoms with van der Waals surface area (Å²) in [4.78, 5) is 0. The van der Waals surface area contributed by atoms with Crippen LogP contribution in [0.3, 0.4) is 0 Å². The van der Waals surface area contributed by atoms with Crippen LogP contribution in [0, 0.1) is 0 Å². The van der Waals surface area contributed by atoms with Crippen molar-refractivity contribution in [2.24, 2.45) is 5.73 Å². The number of rotatable bonds is 6. The van der Waals surface area contributed by atoms with E-state index in [1.807, 2.05) is 31.2 Å². The van der Waals surface area contributed by atoms with Gasteiger partial charge >= 0.3 is 0 Å². The first-order valence-corrected chi connectivity index (χ1v) is 6.47. The average Bonchev–Trinajstić information content (AvgIpc) is 2.36. The smallest absolute Gasteiger partial charge is 0.118 e. The van der Waals surface area contributed by atoms with Gasteiger partial charge in [-0.25, -0.2) is 0 Å². The fraction of sp³-hybridized carbons (Fsp3) is 0.600. The number of hydrogen-bond acceptors (Lipinski definition) is 3. The zero-order chi connectivity index (χ0) is 13.8. The molecule has 0 aliphatic heterocycles. The first-order chi connectivity index (χ1) is 8.39. The zero-order valence-corrected chi connectivity index (χ0v) is 12.1. The lowest BCUT2D eigenvalue weighted by atomic mass is 10.0. The SMILES string of the molecule is CCC(C)(C)OC(c1ccc(OC)cc1)C(C)N. The van der Waals surface area contributed by atoms with Gasteiger partial charge in [-0.15, -0.1) is 0 Å². The lowest BCUT2D eigenvalue weighted by Crippen LogP contribution is -2.34. The highest BCUT2D eigenvalue weighted by Crippen LogP contribution is 2.29. The molecule has 1 aromatic rings. The molecule has 3 heteroatoms. The van der Waals surface area contributed by atoms with Gasteiger partial charge in [-0.05, 0) is 44.9 Å². The van der Waals surface area contributed by atoms with E-state index < -0.39 is 0 Å². The molecule has 0 aromatic heterocycles. The van der Waals surface area contributed by atoms with E-state index in [2.05, 4.69) is 20.8 Å². The quantitative estimate of drug-likeness (QED) is 0.843. The van der Waals surface area contributed by atoms with Crippen molar-refractivity contribution in [3.05, 3.63) is 29.8 Å². The molecule has 0 saturated carbocycles. The molecule has 102 valence electrons. The summed E-state index contributed by atoms with van der Waals surface area (Å²) in [6, 6.07) is 7.85. The first-order valence-electron chi connectivity index (χ1n) is 6.47. The van der Waals surface area contributed by atoms with Crippen molar-refractivity contribution in [1.29, 1.82) is 0 Å². The molecule has 3 nitrogen and oxygen atoms in total. The third-order valence-corrected chi connectivity index (χ3v) is 3.22. The summed E-state index contributed by atoms with van der Waals surface area (Å²) < 4.78 is 11.3. The molecule has 0 fully saturated rings. The van der Waals surface area contributed by atoms with E-state index in [0.717, 1.165) is 17.7 Å². The molecule has 0 aliphatic rings. The molecule has 2 atom stereocenters. The molecule has 0 amide bonds. The van der Waals surface area contributed by atoms with Crippen molar-refractivity contribution in [1.82, 2.24) is 0 Å². The molecule has 0 spiro atoms. The number of nitrogens with two attached hydrogens (primary N) is 1. The summed E-state index contributed by atoms with van der Waals surface area (Å²) >= 11 is 0. The number of hydrogen-bond donors (Lipinski definition) is 1. The number of benzene rings is 1. The minimum atomic E-state index is -0.168. The maximum absolute atomic E-state index is 6.14. The predicted octanol–water partition coefficient (Wildman–Crippen LogP) is 3.29. The van der Waals surface area contributed by atoms with Crippen molar-refractivity contribution in [3.8, 4) is 5.75 Å². The van der Waals surface area contributed by atoms with E-state index in [0.29, 0.717) is 0 Å². The van der Waals surface area contributed by atoms with Crippen LogP contribution in [0.2, 0.25) is 0 Å². The van der Waals surface area contributed by atoms with E-state index in [-0.39, 0.29) is 17.7 Å². The minimum absolute atomic E-state index is 0.0516. The van der Waals surface area contributed by atoms with Crippen LogP contribution in [0.5, 0.6) is 5.75 Å². The first kappa shape index (κ1) is 15.0. The Morgan fingerprint density at radius 1 is 1.22 bits per heavy atom. The predicted molar refractivity (Wildman–Crippen MR) is 74.8 cm³/mol. The van der Waals surface area contributed by atoms with E-state index in [9.17, 15) is 0 Å². The van der Waals surface area contributed by atoms with Gasteiger partial charge in [-0.2, -0.15) is 0 Å². The van der Waals surface area contributed by atoms with Gasteiger partial charge in [0.15, 0.2) is 0 Å². The fourth-order valence-electron chi connectivity index (χ4n) is 1.70. The maximum Gasteiger partial charge on any atom is 0.118 e. The van der Waals surface area contributed by atoms with Crippen molar-refractivity contribution < 1.29 is 9.47 Å². The largest absolute Gasteiger partial charge is 0.497 e. The Labute approximate surface area is 110 Å². The van der Waals surface area contributed by atoms with Gasteiger partial charge in [0.05, 0.1) is 18.8 Å². The van der Waals surface area contributed by atoms with E-state index in [1.54, 1.807) is 7.11 Å². The van der Waals surface area contributed by atoms with Crippen molar-refractivity contribution in [2.45, 2.75) is 51.9 Å². The zero-order valence-electron chi connectivity index (χ0n) is 12.1. The monoisotopic (exact) mass is 251 g/mol. The normalized spacial score (nSPS) is 15.2. The lowest BCUT2D eigenvalue weighted by molar-refractivity contribution is -0.0833. The molecule has 0 aliphatic carbocycles.